The number of thiazole rings is 1. The van der Waals surface area contributed by atoms with E-state index in [1.165, 1.54) is 28.4 Å². The van der Waals surface area contributed by atoms with E-state index in [2.05, 4.69) is 10.1 Å². The van der Waals surface area contributed by atoms with E-state index >= 15 is 0 Å². The van der Waals surface area contributed by atoms with Gasteiger partial charge in [0.1, 0.15) is 17.8 Å². The van der Waals surface area contributed by atoms with Gasteiger partial charge < -0.3 is 14.3 Å². The van der Waals surface area contributed by atoms with Crippen molar-refractivity contribution in [1.29, 1.82) is 0 Å². The molecule has 0 spiro atoms. The van der Waals surface area contributed by atoms with E-state index in [4.69, 9.17) is 28.0 Å². The number of oxime groups is 1. The topological polar surface area (TPSA) is 76.8 Å². The van der Waals surface area contributed by atoms with Crippen LogP contribution < -0.4 is 5.56 Å². The molecule has 0 saturated carbocycles. The minimum Gasteiger partial charge on any atom is -0.387 e. The van der Waals surface area contributed by atoms with Crippen molar-refractivity contribution in [3.63, 3.8) is 0 Å². The van der Waals surface area contributed by atoms with Gasteiger partial charge in [-0.05, 0) is 31.0 Å². The molecule has 1 aromatic carbocycles. The normalized spacial score (nSPS) is 18.2. The molecule has 1 fully saturated rings. The molecule has 0 radical (unpaired) electrons. The van der Waals surface area contributed by atoms with Gasteiger partial charge in [0.05, 0.1) is 21.3 Å². The van der Waals surface area contributed by atoms with Crippen LogP contribution in [0.15, 0.2) is 45.8 Å². The number of hydrogen-bond acceptors (Lipinski definition) is 6. The molecule has 7 nitrogen and oxygen atoms in total. The summed E-state index contributed by atoms with van der Waals surface area (Å²) in [6.07, 6.45) is -8.49. The van der Waals surface area contributed by atoms with E-state index in [9.17, 15) is 35.9 Å². The Morgan fingerprint density at radius 3 is 2.43 bits per heavy atom. The monoisotopic (exact) mass is 652 g/mol. The number of likely N-dealkylation sites (tertiary alicyclic amines) is 1. The minimum atomic E-state index is -4.91. The summed E-state index contributed by atoms with van der Waals surface area (Å²) in [5.41, 5.74) is -3.02. The van der Waals surface area contributed by atoms with Gasteiger partial charge in [-0.15, -0.1) is 11.3 Å². The minimum absolute atomic E-state index is 0.0300. The van der Waals surface area contributed by atoms with Crippen molar-refractivity contribution in [2.45, 2.75) is 50.2 Å². The van der Waals surface area contributed by atoms with Crippen LogP contribution in [0, 0.1) is 0 Å². The van der Waals surface area contributed by atoms with Gasteiger partial charge in [0.25, 0.3) is 5.56 Å². The van der Waals surface area contributed by atoms with Gasteiger partial charge in [0.2, 0.25) is 5.91 Å². The number of rotatable bonds is 5. The molecule has 16 heteroatoms. The maximum atomic E-state index is 13.5. The van der Waals surface area contributed by atoms with Gasteiger partial charge >= 0.3 is 12.4 Å². The van der Waals surface area contributed by atoms with Crippen LogP contribution in [0.1, 0.15) is 58.7 Å². The second-order valence-corrected chi connectivity index (χ2v) is 11.5. The Kier molecular flexibility index (Phi) is 8.33. The number of carbonyl (C=O) groups excluding carboxylic acids is 1. The molecule has 0 aliphatic carbocycles. The Morgan fingerprint density at radius 2 is 1.76 bits per heavy atom. The van der Waals surface area contributed by atoms with Gasteiger partial charge in [0.15, 0.2) is 6.10 Å². The number of hydrogen-bond donors (Lipinski definition) is 0. The number of carbonyl (C=O) groups is 1. The molecule has 42 heavy (non-hydrogen) atoms. The van der Waals surface area contributed by atoms with Gasteiger partial charge in [0, 0.05) is 47.6 Å². The van der Waals surface area contributed by atoms with Crippen molar-refractivity contribution < 1.29 is 36.0 Å². The summed E-state index contributed by atoms with van der Waals surface area (Å²) in [7, 11) is 0. The predicted octanol–water partition coefficient (Wildman–Crippen LogP) is 6.92. The Morgan fingerprint density at radius 1 is 1.07 bits per heavy atom. The maximum Gasteiger partial charge on any atom is 0.421 e. The molecule has 1 amide bonds. The van der Waals surface area contributed by atoms with Crippen LogP contribution in [0.2, 0.25) is 10.0 Å². The molecule has 1 saturated heterocycles. The zero-order chi connectivity index (χ0) is 30.4. The first-order chi connectivity index (χ1) is 19.7. The molecule has 0 N–H and O–H groups in total. The molecule has 2 aromatic heterocycles. The van der Waals surface area contributed by atoms with Crippen molar-refractivity contribution in [2.24, 2.45) is 5.16 Å². The average Bonchev–Trinajstić information content (AvgIpc) is 3.59. The molecule has 4 heterocycles. The lowest BCUT2D eigenvalue weighted by Gasteiger charge is -2.31. The number of amides is 1. The van der Waals surface area contributed by atoms with Gasteiger partial charge in [-0.2, -0.15) is 26.3 Å². The van der Waals surface area contributed by atoms with Crippen molar-refractivity contribution in [1.82, 2.24) is 14.5 Å². The zero-order valence-electron chi connectivity index (χ0n) is 21.3. The molecular weight excluding hydrogens is 633 g/mol. The molecule has 0 bridgehead atoms. The van der Waals surface area contributed by atoms with Crippen LogP contribution in [0.3, 0.4) is 0 Å². The van der Waals surface area contributed by atoms with Crippen LogP contribution in [-0.2, 0) is 28.5 Å². The molecule has 2 aliphatic rings. The molecule has 3 aromatic rings. The van der Waals surface area contributed by atoms with Crippen LogP contribution in [0.5, 0.6) is 0 Å². The van der Waals surface area contributed by atoms with E-state index in [1.807, 2.05) is 0 Å². The largest absolute Gasteiger partial charge is 0.421 e. The number of piperidine rings is 1. The highest BCUT2D eigenvalue weighted by molar-refractivity contribution is 7.10. The van der Waals surface area contributed by atoms with Crippen molar-refractivity contribution in [3.05, 3.63) is 83.6 Å². The first kappa shape index (κ1) is 30.4. The standard InChI is InChI=1S/C26H20Cl2F6N4O3S/c27-14-8-16(26(32,33)34)24(40)38(10-14)11-21(39)37-6-4-13(5-7-37)23-35-19(12-42-23)18-9-20(41-36-18)22-15(25(29,30)31)2-1-3-17(22)28/h1-3,8,10,12-13,20H,4-7,9,11H2. The second kappa shape index (κ2) is 11.5. The Labute approximate surface area is 248 Å². The van der Waals surface area contributed by atoms with Crippen LogP contribution >= 0.6 is 34.5 Å². The first-order valence-corrected chi connectivity index (χ1v) is 14.1. The summed E-state index contributed by atoms with van der Waals surface area (Å²) in [6, 6.07) is 4.04. The van der Waals surface area contributed by atoms with Crippen molar-refractivity contribution in [2.75, 3.05) is 13.1 Å². The molecular formula is C26H20Cl2F6N4O3S. The number of halogens is 8. The number of aromatic nitrogens is 2. The summed E-state index contributed by atoms with van der Waals surface area (Å²) >= 11 is 13.2. The number of pyridine rings is 1. The number of benzene rings is 1. The van der Waals surface area contributed by atoms with E-state index in [0.29, 0.717) is 48.0 Å². The summed E-state index contributed by atoms with van der Waals surface area (Å²) < 4.78 is 80.7. The van der Waals surface area contributed by atoms with Gasteiger partial charge in [-0.3, -0.25) is 9.59 Å². The van der Waals surface area contributed by atoms with E-state index in [1.54, 1.807) is 5.38 Å². The smallest absolute Gasteiger partial charge is 0.387 e. The third-order valence-corrected chi connectivity index (χ3v) is 8.57. The van der Waals surface area contributed by atoms with Crippen LogP contribution in [0.25, 0.3) is 0 Å². The highest BCUT2D eigenvalue weighted by Crippen LogP contribution is 2.42. The third-order valence-electron chi connectivity index (χ3n) is 7.03. The fourth-order valence-corrected chi connectivity index (χ4v) is 6.47. The molecule has 2 aliphatic heterocycles. The number of nitrogens with zero attached hydrogens (tertiary/aromatic N) is 4. The fourth-order valence-electron chi connectivity index (χ4n) is 4.94. The molecule has 5 rings (SSSR count). The third kappa shape index (κ3) is 6.30. The highest BCUT2D eigenvalue weighted by atomic mass is 35.5. The second-order valence-electron chi connectivity index (χ2n) is 9.76. The first-order valence-electron chi connectivity index (χ1n) is 12.5. The molecule has 1 unspecified atom stereocenters. The molecule has 1 atom stereocenters. The SMILES string of the molecule is O=C(Cn1cc(Cl)cc(C(F)(F)F)c1=O)N1CCC(c2nc(C3=NOC(c4c(Cl)cccc4C(F)(F)F)C3)cs2)CC1. The maximum absolute atomic E-state index is 13.5. The van der Waals surface area contributed by atoms with E-state index in [0.717, 1.165) is 17.3 Å². The average molecular weight is 653 g/mol. The van der Waals surface area contributed by atoms with Crippen molar-refractivity contribution >= 4 is 46.2 Å². The van der Waals surface area contributed by atoms with Gasteiger partial charge in [-0.1, -0.05) is 34.4 Å². The van der Waals surface area contributed by atoms with Crippen LogP contribution in [0.4, 0.5) is 26.3 Å². The van der Waals surface area contributed by atoms with Crippen LogP contribution in [-0.4, -0.2) is 39.2 Å². The fraction of sp³-hybridized carbons (Fsp3) is 0.385. The lowest BCUT2D eigenvalue weighted by molar-refractivity contribution is -0.140. The quantitative estimate of drug-likeness (QED) is 0.280. The molecule has 224 valence electrons. The van der Waals surface area contributed by atoms with Gasteiger partial charge in [-0.25, -0.2) is 4.98 Å². The van der Waals surface area contributed by atoms with E-state index in [-0.39, 0.29) is 27.9 Å². The lowest BCUT2D eigenvalue weighted by Crippen LogP contribution is -2.41. The predicted molar refractivity (Wildman–Crippen MR) is 143 cm³/mol. The Balaban J connectivity index is 1.21. The number of alkyl halides is 6. The van der Waals surface area contributed by atoms with E-state index < -0.39 is 47.6 Å². The zero-order valence-corrected chi connectivity index (χ0v) is 23.6. The summed E-state index contributed by atoms with van der Waals surface area (Å²) in [5, 5.41) is 6.06. The Bertz CT molecular complexity index is 1600. The van der Waals surface area contributed by atoms with Crippen molar-refractivity contribution in [3.8, 4) is 0 Å². The Hall–Kier alpha value is -3.10. The lowest BCUT2D eigenvalue weighted by atomic mass is 9.97. The highest BCUT2D eigenvalue weighted by Gasteiger charge is 2.39. The summed E-state index contributed by atoms with van der Waals surface area (Å²) in [5.74, 6) is -0.551. The summed E-state index contributed by atoms with van der Waals surface area (Å²) in [4.78, 5) is 36.4. The summed E-state index contributed by atoms with van der Waals surface area (Å²) in [6.45, 7) is -0.00551.